The molecule has 0 aliphatic heterocycles. The number of aldehydes is 1. The monoisotopic (exact) mass is 318 g/mol. The lowest BCUT2D eigenvalue weighted by atomic mass is 10.00. The maximum atomic E-state index is 13.3. The minimum Gasteiger partial charge on any atom is -0.406 e. The third-order valence-electron chi connectivity index (χ3n) is 2.60. The molecule has 0 aliphatic rings. The Morgan fingerprint density at radius 2 is 1.76 bits per heavy atom. The van der Waals surface area contributed by atoms with E-state index in [2.05, 4.69) is 4.74 Å². The largest absolute Gasteiger partial charge is 0.573 e. The number of hydrogen-bond donors (Lipinski definition) is 0. The Morgan fingerprint density at radius 1 is 1.05 bits per heavy atom. The van der Waals surface area contributed by atoms with Crippen LogP contribution in [0.4, 0.5) is 17.6 Å². The van der Waals surface area contributed by atoms with Crippen LogP contribution in [0.1, 0.15) is 10.4 Å². The molecule has 0 unspecified atom stereocenters. The first-order chi connectivity index (χ1) is 9.80. The fraction of sp³-hybridized carbons (Fsp3) is 0.0714. The molecule has 2 nitrogen and oxygen atoms in total. The Labute approximate surface area is 121 Å². The number of rotatable bonds is 3. The Balaban J connectivity index is 2.57. The van der Waals surface area contributed by atoms with Crippen LogP contribution >= 0.6 is 11.6 Å². The maximum absolute atomic E-state index is 13.3. The van der Waals surface area contributed by atoms with Gasteiger partial charge in [0.1, 0.15) is 11.6 Å². The van der Waals surface area contributed by atoms with Crippen LogP contribution in [0.25, 0.3) is 11.1 Å². The van der Waals surface area contributed by atoms with Crippen LogP contribution in [0.15, 0.2) is 36.4 Å². The zero-order valence-corrected chi connectivity index (χ0v) is 11.0. The molecule has 7 heteroatoms. The van der Waals surface area contributed by atoms with Crippen LogP contribution in [-0.4, -0.2) is 12.6 Å². The summed E-state index contributed by atoms with van der Waals surface area (Å²) in [5, 5.41) is 0.101. The minimum absolute atomic E-state index is 0.0521. The van der Waals surface area contributed by atoms with Gasteiger partial charge < -0.3 is 4.74 Å². The van der Waals surface area contributed by atoms with Crippen LogP contribution < -0.4 is 4.74 Å². The van der Waals surface area contributed by atoms with Crippen LogP contribution in [0, 0.1) is 5.82 Å². The van der Waals surface area contributed by atoms with Gasteiger partial charge in [-0.05, 0) is 42.0 Å². The average Bonchev–Trinajstić information content (AvgIpc) is 2.39. The SMILES string of the molecule is O=Cc1ccc(OC(F)(F)F)cc1-c1cc(F)ccc1Cl. The van der Waals surface area contributed by atoms with Crippen molar-refractivity contribution in [3.8, 4) is 16.9 Å². The van der Waals surface area contributed by atoms with E-state index in [1.807, 2.05) is 0 Å². The molecule has 0 saturated heterocycles. The first kappa shape index (κ1) is 15.3. The normalized spacial score (nSPS) is 11.3. The number of hydrogen-bond acceptors (Lipinski definition) is 2. The lowest BCUT2D eigenvalue weighted by molar-refractivity contribution is -0.274. The Kier molecular flexibility index (Phi) is 4.18. The number of alkyl halides is 3. The van der Waals surface area contributed by atoms with Gasteiger partial charge in [-0.15, -0.1) is 13.2 Å². The molecule has 21 heavy (non-hydrogen) atoms. The molecular formula is C14H7ClF4O2. The number of ether oxygens (including phenoxy) is 1. The summed E-state index contributed by atoms with van der Waals surface area (Å²) < 4.78 is 53.7. The third-order valence-corrected chi connectivity index (χ3v) is 2.93. The van der Waals surface area contributed by atoms with E-state index in [-0.39, 0.29) is 21.7 Å². The number of halogens is 5. The molecule has 0 fully saturated rings. The van der Waals surface area contributed by atoms with Crippen molar-refractivity contribution >= 4 is 17.9 Å². The van der Waals surface area contributed by atoms with Gasteiger partial charge in [0.05, 0.1) is 0 Å². The highest BCUT2D eigenvalue weighted by Crippen LogP contribution is 2.34. The topological polar surface area (TPSA) is 26.3 Å². The predicted octanol–water partition coefficient (Wildman–Crippen LogP) is 4.86. The van der Waals surface area contributed by atoms with Crippen LogP contribution in [0.5, 0.6) is 5.75 Å². The second-order valence-electron chi connectivity index (χ2n) is 4.04. The molecule has 2 rings (SSSR count). The van der Waals surface area contributed by atoms with Crippen molar-refractivity contribution in [3.05, 3.63) is 52.8 Å². The zero-order chi connectivity index (χ0) is 15.6. The summed E-state index contributed by atoms with van der Waals surface area (Å²) in [5.74, 6) is -1.16. The first-order valence-corrected chi connectivity index (χ1v) is 5.98. The first-order valence-electron chi connectivity index (χ1n) is 5.60. The van der Waals surface area contributed by atoms with Crippen molar-refractivity contribution < 1.29 is 27.1 Å². The van der Waals surface area contributed by atoms with E-state index in [0.717, 1.165) is 30.3 Å². The van der Waals surface area contributed by atoms with Gasteiger partial charge in [-0.2, -0.15) is 0 Å². The van der Waals surface area contributed by atoms with Gasteiger partial charge in [-0.25, -0.2) is 4.39 Å². The quantitative estimate of drug-likeness (QED) is 0.597. The van der Waals surface area contributed by atoms with E-state index < -0.39 is 17.9 Å². The van der Waals surface area contributed by atoms with E-state index >= 15 is 0 Å². The smallest absolute Gasteiger partial charge is 0.406 e. The van der Waals surface area contributed by atoms with Crippen molar-refractivity contribution in [1.82, 2.24) is 0 Å². The molecule has 110 valence electrons. The van der Waals surface area contributed by atoms with Crippen molar-refractivity contribution in [2.75, 3.05) is 0 Å². The molecule has 0 amide bonds. The Morgan fingerprint density at radius 3 is 2.38 bits per heavy atom. The van der Waals surface area contributed by atoms with E-state index in [1.165, 1.54) is 6.07 Å². The lowest BCUT2D eigenvalue weighted by Gasteiger charge is -2.12. The second-order valence-corrected chi connectivity index (χ2v) is 4.45. The van der Waals surface area contributed by atoms with Gasteiger partial charge in [0.15, 0.2) is 6.29 Å². The molecule has 0 radical (unpaired) electrons. The maximum Gasteiger partial charge on any atom is 0.573 e. The highest BCUT2D eigenvalue weighted by atomic mass is 35.5. The number of carbonyl (C=O) groups excluding carboxylic acids is 1. The van der Waals surface area contributed by atoms with Gasteiger partial charge >= 0.3 is 6.36 Å². The van der Waals surface area contributed by atoms with Gasteiger partial charge in [0.25, 0.3) is 0 Å². The third kappa shape index (κ3) is 3.72. The highest BCUT2D eigenvalue weighted by molar-refractivity contribution is 6.33. The summed E-state index contributed by atoms with van der Waals surface area (Å²) in [6.45, 7) is 0. The highest BCUT2D eigenvalue weighted by Gasteiger charge is 2.31. The molecule has 0 saturated carbocycles. The standard InChI is InChI=1S/C14H7ClF4O2/c15-13-4-2-9(16)5-12(13)11-6-10(21-14(17,18)19)3-1-8(11)7-20/h1-7H. The molecule has 0 aliphatic carbocycles. The Bertz CT molecular complexity index is 683. The van der Waals surface area contributed by atoms with E-state index in [1.54, 1.807) is 0 Å². The van der Waals surface area contributed by atoms with Crippen molar-refractivity contribution in [2.45, 2.75) is 6.36 Å². The lowest BCUT2D eigenvalue weighted by Crippen LogP contribution is -2.17. The number of carbonyl (C=O) groups is 1. The molecule has 2 aromatic carbocycles. The van der Waals surface area contributed by atoms with Gasteiger partial charge in [-0.3, -0.25) is 4.79 Å². The Hall–Kier alpha value is -2.08. The zero-order valence-electron chi connectivity index (χ0n) is 10.2. The average molecular weight is 319 g/mol. The summed E-state index contributed by atoms with van der Waals surface area (Å²) >= 11 is 5.90. The van der Waals surface area contributed by atoms with Crippen molar-refractivity contribution in [1.29, 1.82) is 0 Å². The molecule has 0 aromatic heterocycles. The van der Waals surface area contributed by atoms with Gasteiger partial charge in [-0.1, -0.05) is 11.6 Å². The van der Waals surface area contributed by atoms with Crippen LogP contribution in [-0.2, 0) is 0 Å². The van der Waals surface area contributed by atoms with Crippen molar-refractivity contribution in [2.24, 2.45) is 0 Å². The van der Waals surface area contributed by atoms with Crippen molar-refractivity contribution in [3.63, 3.8) is 0 Å². The summed E-state index contributed by atoms with van der Waals surface area (Å²) in [7, 11) is 0. The van der Waals surface area contributed by atoms with Crippen LogP contribution in [0.2, 0.25) is 5.02 Å². The summed E-state index contributed by atoms with van der Waals surface area (Å²) in [4.78, 5) is 11.0. The van der Waals surface area contributed by atoms with E-state index in [0.29, 0.717) is 6.29 Å². The van der Waals surface area contributed by atoms with Crippen LogP contribution in [0.3, 0.4) is 0 Å². The molecule has 0 atom stereocenters. The molecule has 0 bridgehead atoms. The van der Waals surface area contributed by atoms with E-state index in [9.17, 15) is 22.4 Å². The fourth-order valence-corrected chi connectivity index (χ4v) is 1.99. The molecule has 0 N–H and O–H groups in total. The van der Waals surface area contributed by atoms with Gasteiger partial charge in [0.2, 0.25) is 0 Å². The molecular weight excluding hydrogens is 312 g/mol. The molecule has 0 spiro atoms. The molecule has 0 heterocycles. The summed E-state index contributed by atoms with van der Waals surface area (Å²) in [6.07, 6.45) is -4.43. The predicted molar refractivity (Wildman–Crippen MR) is 68.9 cm³/mol. The molecule has 2 aromatic rings. The summed E-state index contributed by atoms with van der Waals surface area (Å²) in [6, 6.07) is 6.50. The van der Waals surface area contributed by atoms with Gasteiger partial charge in [0, 0.05) is 16.1 Å². The fourth-order valence-electron chi connectivity index (χ4n) is 1.77. The summed E-state index contributed by atoms with van der Waals surface area (Å²) in [5.41, 5.74) is 0.222. The second kappa shape index (κ2) is 5.73. The number of benzene rings is 2. The van der Waals surface area contributed by atoms with E-state index in [4.69, 9.17) is 11.6 Å². The minimum atomic E-state index is -4.87.